The predicted octanol–water partition coefficient (Wildman–Crippen LogP) is 4.24. The number of rotatable bonds is 3. The molecule has 3 heteroatoms. The lowest BCUT2D eigenvalue weighted by molar-refractivity contribution is 0.702. The second-order valence-electron chi connectivity index (χ2n) is 4.39. The minimum atomic E-state index is 0.606. The molecule has 1 fully saturated rings. The SMILES string of the molecule is C/C=C(\C(C)=N)c1nc(C2CCCC2)cs1. The molecular weight excluding hydrogens is 216 g/mol. The number of thiazole rings is 1. The zero-order valence-electron chi connectivity index (χ0n) is 9.92. The van der Waals surface area contributed by atoms with Gasteiger partial charge in [-0.05, 0) is 26.7 Å². The molecule has 0 unspecified atom stereocenters. The third-order valence-corrected chi connectivity index (χ3v) is 4.11. The Hall–Kier alpha value is -0.960. The lowest BCUT2D eigenvalue weighted by Gasteiger charge is -2.04. The van der Waals surface area contributed by atoms with E-state index < -0.39 is 0 Å². The average molecular weight is 234 g/mol. The van der Waals surface area contributed by atoms with Crippen LogP contribution in [0.1, 0.15) is 56.2 Å². The van der Waals surface area contributed by atoms with E-state index in [2.05, 4.69) is 5.38 Å². The molecule has 1 aliphatic rings. The molecular formula is C13H18N2S. The molecule has 0 aliphatic heterocycles. The van der Waals surface area contributed by atoms with Crippen molar-refractivity contribution >= 4 is 22.6 Å². The van der Waals surface area contributed by atoms with E-state index in [0.717, 1.165) is 10.6 Å². The van der Waals surface area contributed by atoms with Crippen LogP contribution in [0, 0.1) is 5.41 Å². The molecule has 1 N–H and O–H groups in total. The van der Waals surface area contributed by atoms with Crippen molar-refractivity contribution in [2.45, 2.75) is 45.4 Å². The highest BCUT2D eigenvalue weighted by Crippen LogP contribution is 2.35. The van der Waals surface area contributed by atoms with Crippen molar-refractivity contribution in [2.75, 3.05) is 0 Å². The van der Waals surface area contributed by atoms with Gasteiger partial charge in [0.2, 0.25) is 0 Å². The van der Waals surface area contributed by atoms with Crippen LogP contribution in [0.3, 0.4) is 0 Å². The first-order valence-electron chi connectivity index (χ1n) is 5.90. The number of nitrogens with zero attached hydrogens (tertiary/aromatic N) is 1. The van der Waals surface area contributed by atoms with E-state index >= 15 is 0 Å². The maximum Gasteiger partial charge on any atom is 0.125 e. The predicted molar refractivity (Wildman–Crippen MR) is 70.4 cm³/mol. The van der Waals surface area contributed by atoms with E-state index in [-0.39, 0.29) is 0 Å². The summed E-state index contributed by atoms with van der Waals surface area (Å²) in [6.45, 7) is 3.80. The molecule has 1 aromatic rings. The smallest absolute Gasteiger partial charge is 0.125 e. The molecule has 2 nitrogen and oxygen atoms in total. The van der Waals surface area contributed by atoms with Crippen LogP contribution in [0.25, 0.3) is 5.57 Å². The topological polar surface area (TPSA) is 36.7 Å². The summed E-state index contributed by atoms with van der Waals surface area (Å²) in [6, 6.07) is 0. The van der Waals surface area contributed by atoms with Crippen LogP contribution in [0.2, 0.25) is 0 Å². The number of allylic oxidation sites excluding steroid dienone is 2. The lowest BCUT2D eigenvalue weighted by atomic mass is 10.1. The number of aromatic nitrogens is 1. The monoisotopic (exact) mass is 234 g/mol. The van der Waals surface area contributed by atoms with Crippen LogP contribution >= 0.6 is 11.3 Å². The van der Waals surface area contributed by atoms with Crippen LogP contribution in [-0.4, -0.2) is 10.7 Å². The van der Waals surface area contributed by atoms with Gasteiger partial charge < -0.3 is 5.41 Å². The third kappa shape index (κ3) is 2.24. The van der Waals surface area contributed by atoms with Gasteiger partial charge in [-0.25, -0.2) is 4.98 Å². The molecule has 1 aliphatic carbocycles. The van der Waals surface area contributed by atoms with Crippen LogP contribution in [-0.2, 0) is 0 Å². The van der Waals surface area contributed by atoms with Crippen molar-refractivity contribution in [2.24, 2.45) is 0 Å². The van der Waals surface area contributed by atoms with Gasteiger partial charge in [-0.3, -0.25) is 0 Å². The van der Waals surface area contributed by atoms with Crippen molar-refractivity contribution in [1.29, 1.82) is 5.41 Å². The zero-order chi connectivity index (χ0) is 11.5. The summed E-state index contributed by atoms with van der Waals surface area (Å²) in [4.78, 5) is 4.69. The zero-order valence-corrected chi connectivity index (χ0v) is 10.7. The minimum absolute atomic E-state index is 0.606. The van der Waals surface area contributed by atoms with Crippen LogP contribution in [0.15, 0.2) is 11.5 Å². The number of hydrogen-bond donors (Lipinski definition) is 1. The summed E-state index contributed by atoms with van der Waals surface area (Å²) in [7, 11) is 0. The van der Waals surface area contributed by atoms with E-state index in [0.29, 0.717) is 11.6 Å². The van der Waals surface area contributed by atoms with Crippen LogP contribution in [0.5, 0.6) is 0 Å². The molecule has 1 saturated carbocycles. The normalized spacial score (nSPS) is 18.0. The molecule has 0 radical (unpaired) electrons. The van der Waals surface area contributed by atoms with Crippen LogP contribution in [0.4, 0.5) is 0 Å². The van der Waals surface area contributed by atoms with Gasteiger partial charge in [0, 0.05) is 22.6 Å². The number of hydrogen-bond acceptors (Lipinski definition) is 3. The van der Waals surface area contributed by atoms with Gasteiger partial charge in [-0.1, -0.05) is 18.9 Å². The van der Waals surface area contributed by atoms with Crippen molar-refractivity contribution in [1.82, 2.24) is 4.98 Å². The highest BCUT2D eigenvalue weighted by atomic mass is 32.1. The third-order valence-electron chi connectivity index (χ3n) is 3.22. The summed E-state index contributed by atoms with van der Waals surface area (Å²) in [5, 5.41) is 10.9. The Morgan fingerprint density at radius 3 is 2.75 bits per heavy atom. The Morgan fingerprint density at radius 2 is 2.19 bits per heavy atom. The molecule has 0 amide bonds. The molecule has 0 saturated heterocycles. The van der Waals surface area contributed by atoms with Gasteiger partial charge >= 0.3 is 0 Å². The summed E-state index contributed by atoms with van der Waals surface area (Å²) in [6.07, 6.45) is 7.25. The van der Waals surface area contributed by atoms with E-state index in [4.69, 9.17) is 10.4 Å². The fourth-order valence-electron chi connectivity index (χ4n) is 2.32. The molecule has 0 bridgehead atoms. The Kier molecular flexibility index (Phi) is 3.54. The maximum atomic E-state index is 7.71. The molecule has 16 heavy (non-hydrogen) atoms. The van der Waals surface area contributed by atoms with Gasteiger partial charge in [0.25, 0.3) is 0 Å². The van der Waals surface area contributed by atoms with Crippen LogP contribution < -0.4 is 0 Å². The average Bonchev–Trinajstić information content (AvgIpc) is 2.86. The molecule has 1 heterocycles. The van der Waals surface area contributed by atoms with E-state index in [1.807, 2.05) is 19.9 Å². The minimum Gasteiger partial charge on any atom is -0.305 e. The van der Waals surface area contributed by atoms with Gasteiger partial charge in [-0.2, -0.15) is 0 Å². The second kappa shape index (κ2) is 4.91. The fourth-order valence-corrected chi connectivity index (χ4v) is 3.35. The van der Waals surface area contributed by atoms with Gasteiger partial charge in [0.1, 0.15) is 5.01 Å². The quantitative estimate of drug-likeness (QED) is 0.780. The highest BCUT2D eigenvalue weighted by Gasteiger charge is 2.20. The lowest BCUT2D eigenvalue weighted by Crippen LogP contribution is -1.96. The standard InChI is InChI=1S/C13H18N2S/c1-3-11(9(2)14)13-15-12(8-16-13)10-6-4-5-7-10/h3,8,10,14H,4-7H2,1-2H3/b11-3+,14-9?. The summed E-state index contributed by atoms with van der Waals surface area (Å²) in [5.74, 6) is 0.675. The van der Waals surface area contributed by atoms with Crippen molar-refractivity contribution < 1.29 is 0 Å². The van der Waals surface area contributed by atoms with Crippen molar-refractivity contribution in [3.05, 3.63) is 22.2 Å². The summed E-state index contributed by atoms with van der Waals surface area (Å²) >= 11 is 1.68. The molecule has 1 aromatic heterocycles. The van der Waals surface area contributed by atoms with E-state index in [9.17, 15) is 0 Å². The molecule has 0 aromatic carbocycles. The first kappa shape index (κ1) is 11.5. The summed E-state index contributed by atoms with van der Waals surface area (Å²) in [5.41, 5.74) is 2.84. The fraction of sp³-hybridized carbons (Fsp3) is 0.538. The van der Waals surface area contributed by atoms with E-state index in [1.54, 1.807) is 11.3 Å². The Labute approximate surface area is 101 Å². The second-order valence-corrected chi connectivity index (χ2v) is 5.24. The molecule has 0 atom stereocenters. The van der Waals surface area contributed by atoms with Crippen molar-refractivity contribution in [3.63, 3.8) is 0 Å². The molecule has 2 rings (SSSR count). The largest absolute Gasteiger partial charge is 0.305 e. The van der Waals surface area contributed by atoms with Crippen molar-refractivity contribution in [3.8, 4) is 0 Å². The van der Waals surface area contributed by atoms with Gasteiger partial charge in [-0.15, -0.1) is 11.3 Å². The Bertz CT molecular complexity index is 411. The summed E-state index contributed by atoms with van der Waals surface area (Å²) < 4.78 is 0. The van der Waals surface area contributed by atoms with E-state index in [1.165, 1.54) is 31.4 Å². The molecule has 0 spiro atoms. The van der Waals surface area contributed by atoms with Gasteiger partial charge in [0.15, 0.2) is 0 Å². The van der Waals surface area contributed by atoms with Gasteiger partial charge in [0.05, 0.1) is 5.69 Å². The molecule has 86 valence electrons. The highest BCUT2D eigenvalue weighted by molar-refractivity contribution is 7.11. The Balaban J connectivity index is 2.21. The first-order valence-corrected chi connectivity index (χ1v) is 6.78. The first-order chi connectivity index (χ1) is 7.72. The maximum absolute atomic E-state index is 7.71. The number of nitrogens with one attached hydrogen (secondary N) is 1. The Morgan fingerprint density at radius 1 is 1.50 bits per heavy atom.